The molecule has 6 heteroatoms. The molecule has 9 aromatic rings. The topological polar surface area (TPSA) is 77.3 Å². The van der Waals surface area contributed by atoms with Gasteiger partial charge in [0.15, 0.2) is 0 Å². The molecule has 4 aromatic carbocycles. The van der Waals surface area contributed by atoms with Gasteiger partial charge < -0.3 is 0 Å². The van der Waals surface area contributed by atoms with E-state index < -0.39 is 0 Å². The number of rotatable bonds is 12. The quantitative estimate of drug-likeness (QED) is 0.123. The van der Waals surface area contributed by atoms with Gasteiger partial charge in [0, 0.05) is 47.0 Å². The Kier molecular flexibility index (Phi) is 12.0. The SMILES string of the molecule is C(=Cc1nc(C=Cc2ccc(-c3ccccc3)nc2)c(C=Cc2ccc(-c3ccccc3)nc2)nc1C=Cc1ccc(-c2ccccc2)nc1)c1ccc(-c2ccccc2)nc1. The Balaban J connectivity index is 1.09. The third-order valence-electron chi connectivity index (χ3n) is 10.2. The summed E-state index contributed by atoms with van der Waals surface area (Å²) in [7, 11) is 0. The lowest BCUT2D eigenvalue weighted by atomic mass is 10.1. The van der Waals surface area contributed by atoms with Crippen LogP contribution in [0.2, 0.25) is 0 Å². The van der Waals surface area contributed by atoms with Gasteiger partial charge in [0.05, 0.1) is 45.6 Å². The maximum Gasteiger partial charge on any atom is 0.0894 e. The van der Waals surface area contributed by atoms with Gasteiger partial charge in [-0.05, 0) is 70.8 Å². The van der Waals surface area contributed by atoms with Crippen LogP contribution in [0, 0.1) is 0 Å². The van der Waals surface area contributed by atoms with Gasteiger partial charge >= 0.3 is 0 Å². The minimum Gasteiger partial charge on any atom is -0.256 e. The van der Waals surface area contributed by atoms with Crippen molar-refractivity contribution in [2.75, 3.05) is 0 Å². The zero-order chi connectivity index (χ0) is 41.8. The molecule has 5 heterocycles. The molecule has 6 nitrogen and oxygen atoms in total. The summed E-state index contributed by atoms with van der Waals surface area (Å²) in [5, 5.41) is 0. The average molecular weight is 797 g/mol. The highest BCUT2D eigenvalue weighted by molar-refractivity contribution is 5.82. The highest BCUT2D eigenvalue weighted by Crippen LogP contribution is 2.24. The van der Waals surface area contributed by atoms with Gasteiger partial charge in [0.1, 0.15) is 0 Å². The Morgan fingerprint density at radius 1 is 0.226 bits per heavy atom. The smallest absolute Gasteiger partial charge is 0.0894 e. The van der Waals surface area contributed by atoms with Crippen molar-refractivity contribution in [1.82, 2.24) is 29.9 Å². The summed E-state index contributed by atoms with van der Waals surface area (Å²) < 4.78 is 0. The van der Waals surface area contributed by atoms with Crippen LogP contribution in [-0.2, 0) is 0 Å². The molecule has 0 aliphatic rings. The van der Waals surface area contributed by atoms with E-state index in [2.05, 4.69) is 72.8 Å². The Hall–Kier alpha value is -8.48. The zero-order valence-electron chi connectivity index (χ0n) is 33.8. The molecule has 0 radical (unpaired) electrons. The molecule has 0 amide bonds. The number of nitrogens with zero attached hydrogens (tertiary/aromatic N) is 6. The van der Waals surface area contributed by atoms with Gasteiger partial charge in [-0.2, -0.15) is 0 Å². The summed E-state index contributed by atoms with van der Waals surface area (Å²) in [4.78, 5) is 29.5. The average Bonchev–Trinajstić information content (AvgIpc) is 3.36. The Bertz CT molecular complexity index is 2570. The lowest BCUT2D eigenvalue weighted by molar-refractivity contribution is 1.12. The minimum atomic E-state index is 0.700. The molecule has 0 unspecified atom stereocenters. The van der Waals surface area contributed by atoms with Crippen molar-refractivity contribution >= 4 is 48.6 Å². The lowest BCUT2D eigenvalue weighted by Gasteiger charge is -2.08. The summed E-state index contributed by atoms with van der Waals surface area (Å²) in [5.41, 5.74) is 14.5. The summed E-state index contributed by atoms with van der Waals surface area (Å²) >= 11 is 0. The normalized spacial score (nSPS) is 11.6. The number of aromatic nitrogens is 6. The van der Waals surface area contributed by atoms with Crippen LogP contribution in [0.25, 0.3) is 93.6 Å². The predicted octanol–water partition coefficient (Wildman–Crippen LogP) is 13.4. The van der Waals surface area contributed by atoms with E-state index in [4.69, 9.17) is 29.9 Å². The number of hydrogen-bond donors (Lipinski definition) is 0. The lowest BCUT2D eigenvalue weighted by Crippen LogP contribution is -2.00. The number of pyridine rings is 4. The molecule has 0 spiro atoms. The van der Waals surface area contributed by atoms with Gasteiger partial charge in [0.2, 0.25) is 0 Å². The van der Waals surface area contributed by atoms with Crippen molar-refractivity contribution in [2.24, 2.45) is 0 Å². The minimum absolute atomic E-state index is 0.700. The van der Waals surface area contributed by atoms with Crippen molar-refractivity contribution in [3.63, 3.8) is 0 Å². The van der Waals surface area contributed by atoms with Crippen LogP contribution in [0.1, 0.15) is 45.0 Å². The van der Waals surface area contributed by atoms with Crippen LogP contribution in [0.5, 0.6) is 0 Å². The van der Waals surface area contributed by atoms with Crippen molar-refractivity contribution < 1.29 is 0 Å². The van der Waals surface area contributed by atoms with E-state index in [1.807, 2.05) is 170 Å². The summed E-state index contributed by atoms with van der Waals surface area (Å²) in [6.45, 7) is 0. The summed E-state index contributed by atoms with van der Waals surface area (Å²) in [6.07, 6.45) is 23.6. The highest BCUT2D eigenvalue weighted by Gasteiger charge is 2.10. The maximum atomic E-state index is 5.25. The molecule has 62 heavy (non-hydrogen) atoms. The van der Waals surface area contributed by atoms with E-state index in [1.54, 1.807) is 0 Å². The summed E-state index contributed by atoms with van der Waals surface area (Å²) in [6, 6.07) is 57.1. The number of hydrogen-bond acceptors (Lipinski definition) is 6. The first-order valence-electron chi connectivity index (χ1n) is 20.4. The molecule has 0 fully saturated rings. The van der Waals surface area contributed by atoms with Crippen molar-refractivity contribution in [3.8, 4) is 45.0 Å². The van der Waals surface area contributed by atoms with Crippen LogP contribution in [-0.4, -0.2) is 29.9 Å². The molecule has 0 bridgehead atoms. The fourth-order valence-corrected chi connectivity index (χ4v) is 6.81. The fourth-order valence-electron chi connectivity index (χ4n) is 6.81. The largest absolute Gasteiger partial charge is 0.256 e. The van der Waals surface area contributed by atoms with Gasteiger partial charge in [-0.3, -0.25) is 19.9 Å². The fraction of sp³-hybridized carbons (Fsp3) is 0. The van der Waals surface area contributed by atoms with Gasteiger partial charge in [-0.25, -0.2) is 9.97 Å². The van der Waals surface area contributed by atoms with Crippen LogP contribution in [0.4, 0.5) is 0 Å². The van der Waals surface area contributed by atoms with Gasteiger partial charge in [-0.15, -0.1) is 0 Å². The molecule has 9 rings (SSSR count). The molecule has 0 saturated carbocycles. The van der Waals surface area contributed by atoms with Crippen molar-refractivity contribution in [1.29, 1.82) is 0 Å². The van der Waals surface area contributed by atoms with Gasteiger partial charge in [-0.1, -0.05) is 170 Å². The first kappa shape index (κ1) is 39.0. The first-order chi connectivity index (χ1) is 30.7. The van der Waals surface area contributed by atoms with E-state index in [9.17, 15) is 0 Å². The third kappa shape index (κ3) is 9.85. The highest BCUT2D eigenvalue weighted by atomic mass is 14.8. The second-order valence-corrected chi connectivity index (χ2v) is 14.5. The van der Waals surface area contributed by atoms with Crippen molar-refractivity contribution in [3.05, 3.63) is 240 Å². The van der Waals surface area contributed by atoms with Crippen LogP contribution >= 0.6 is 0 Å². The summed E-state index contributed by atoms with van der Waals surface area (Å²) in [5.74, 6) is 0. The molecule has 5 aromatic heterocycles. The molecule has 0 aliphatic heterocycles. The van der Waals surface area contributed by atoms with E-state index >= 15 is 0 Å². The Morgan fingerprint density at radius 3 is 0.645 bits per heavy atom. The van der Waals surface area contributed by atoms with E-state index in [1.165, 1.54) is 0 Å². The molecular formula is C56H40N6. The van der Waals surface area contributed by atoms with Crippen molar-refractivity contribution in [2.45, 2.75) is 0 Å². The molecule has 0 N–H and O–H groups in total. The Morgan fingerprint density at radius 2 is 0.452 bits per heavy atom. The van der Waals surface area contributed by atoms with Crippen LogP contribution in [0.15, 0.2) is 195 Å². The molecule has 0 aliphatic carbocycles. The van der Waals surface area contributed by atoms with Gasteiger partial charge in [0.25, 0.3) is 0 Å². The second kappa shape index (κ2) is 19.1. The van der Waals surface area contributed by atoms with E-state index in [0.717, 1.165) is 67.3 Å². The zero-order valence-corrected chi connectivity index (χ0v) is 33.8. The standard InChI is InChI=1S/C56H40N6/c1-5-13-45(14-6-1)49-29-21-41(37-57-49)25-33-53-54(34-26-42-22-30-50(58-38-42)46-15-7-2-8-16-46)62-56(36-28-44-24-32-52(60-40-44)48-19-11-4-12-20-48)55(61-53)35-27-43-23-31-51(59-39-43)47-17-9-3-10-18-47/h1-40H. The van der Waals surface area contributed by atoms with E-state index in [0.29, 0.717) is 22.8 Å². The molecule has 294 valence electrons. The maximum absolute atomic E-state index is 5.25. The molecular weight excluding hydrogens is 757 g/mol. The second-order valence-electron chi connectivity index (χ2n) is 14.5. The third-order valence-corrected chi connectivity index (χ3v) is 10.2. The predicted molar refractivity (Wildman–Crippen MR) is 256 cm³/mol. The molecule has 0 atom stereocenters. The van der Waals surface area contributed by atoms with Crippen LogP contribution in [0.3, 0.4) is 0 Å². The monoisotopic (exact) mass is 796 g/mol. The Labute approximate surface area is 361 Å². The molecule has 0 saturated heterocycles. The van der Waals surface area contributed by atoms with Crippen LogP contribution < -0.4 is 0 Å². The van der Waals surface area contributed by atoms with E-state index in [-0.39, 0.29) is 0 Å². The number of benzene rings is 4. The first-order valence-corrected chi connectivity index (χ1v) is 20.4.